The van der Waals surface area contributed by atoms with Crippen LogP contribution in [-0.4, -0.2) is 31.1 Å². The average molecular weight is 278 g/mol. The van der Waals surface area contributed by atoms with Crippen LogP contribution in [0.15, 0.2) is 24.3 Å². The van der Waals surface area contributed by atoms with E-state index in [1.807, 2.05) is 24.3 Å². The van der Waals surface area contributed by atoms with Crippen molar-refractivity contribution in [1.29, 1.82) is 0 Å². The summed E-state index contributed by atoms with van der Waals surface area (Å²) >= 11 is 0. The molecule has 0 fully saturated rings. The molecule has 0 saturated carbocycles. The van der Waals surface area contributed by atoms with Crippen molar-refractivity contribution >= 4 is 0 Å². The monoisotopic (exact) mass is 278 g/mol. The first-order valence-electron chi connectivity index (χ1n) is 7.46. The number of nitrogens with two attached hydrogens (primary N) is 1. The van der Waals surface area contributed by atoms with Crippen LogP contribution in [0.1, 0.15) is 39.7 Å². The zero-order valence-electron chi connectivity index (χ0n) is 13.6. The predicted octanol–water partition coefficient (Wildman–Crippen LogP) is 3.28. The zero-order chi connectivity index (χ0) is 15.2. The molecule has 3 nitrogen and oxygen atoms in total. The van der Waals surface area contributed by atoms with Crippen LogP contribution >= 0.6 is 0 Å². The van der Waals surface area contributed by atoms with Crippen molar-refractivity contribution in [3.63, 3.8) is 0 Å². The number of hydrogen-bond acceptors (Lipinski definition) is 3. The van der Waals surface area contributed by atoms with Gasteiger partial charge in [-0.05, 0) is 43.5 Å². The third kappa shape index (κ3) is 5.51. The molecule has 3 heteroatoms. The summed E-state index contributed by atoms with van der Waals surface area (Å²) in [6.45, 7) is 11.5. The van der Waals surface area contributed by atoms with Crippen LogP contribution in [0, 0.1) is 5.41 Å². The van der Waals surface area contributed by atoms with Crippen LogP contribution in [0.2, 0.25) is 0 Å². The number of ether oxygens (including phenoxy) is 1. The maximum absolute atomic E-state index is 5.75. The second-order valence-electron chi connectivity index (χ2n) is 6.57. The lowest BCUT2D eigenvalue weighted by Crippen LogP contribution is -2.40. The largest absolute Gasteiger partial charge is 0.494 e. The summed E-state index contributed by atoms with van der Waals surface area (Å²) in [4.78, 5) is 2.40. The highest BCUT2D eigenvalue weighted by Crippen LogP contribution is 2.23. The van der Waals surface area contributed by atoms with E-state index in [1.54, 1.807) is 0 Å². The average Bonchev–Trinajstić information content (AvgIpc) is 2.42. The molecule has 2 N–H and O–H groups in total. The van der Waals surface area contributed by atoms with E-state index < -0.39 is 0 Å². The quantitative estimate of drug-likeness (QED) is 0.778. The van der Waals surface area contributed by atoms with Crippen molar-refractivity contribution in [2.24, 2.45) is 11.1 Å². The molecule has 0 aliphatic carbocycles. The SMILES string of the molecule is CC(N(C)CCCOc1ccc(CN)cc1)C(C)(C)C. The molecule has 1 aromatic rings. The van der Waals surface area contributed by atoms with Crippen LogP contribution < -0.4 is 10.5 Å². The lowest BCUT2D eigenvalue weighted by molar-refractivity contribution is 0.133. The molecule has 1 unspecified atom stereocenters. The highest BCUT2D eigenvalue weighted by atomic mass is 16.5. The van der Waals surface area contributed by atoms with E-state index in [9.17, 15) is 0 Å². The van der Waals surface area contributed by atoms with Gasteiger partial charge in [0.05, 0.1) is 6.61 Å². The fourth-order valence-electron chi connectivity index (χ4n) is 2.08. The number of benzene rings is 1. The van der Waals surface area contributed by atoms with Gasteiger partial charge in [-0.1, -0.05) is 32.9 Å². The summed E-state index contributed by atoms with van der Waals surface area (Å²) in [5, 5.41) is 0. The molecular formula is C17H30N2O. The fourth-order valence-corrected chi connectivity index (χ4v) is 2.08. The molecule has 0 aliphatic heterocycles. The summed E-state index contributed by atoms with van der Waals surface area (Å²) in [6, 6.07) is 8.57. The van der Waals surface area contributed by atoms with Crippen molar-refractivity contribution in [3.05, 3.63) is 29.8 Å². The van der Waals surface area contributed by atoms with Gasteiger partial charge in [-0.15, -0.1) is 0 Å². The van der Waals surface area contributed by atoms with Gasteiger partial charge < -0.3 is 15.4 Å². The van der Waals surface area contributed by atoms with Crippen LogP contribution in [0.5, 0.6) is 5.75 Å². The van der Waals surface area contributed by atoms with Gasteiger partial charge in [-0.2, -0.15) is 0 Å². The van der Waals surface area contributed by atoms with E-state index in [-0.39, 0.29) is 0 Å². The third-order valence-electron chi connectivity index (χ3n) is 4.00. The Kier molecular flexibility index (Phi) is 6.50. The van der Waals surface area contributed by atoms with E-state index in [4.69, 9.17) is 10.5 Å². The molecule has 1 rings (SSSR count). The fraction of sp³-hybridized carbons (Fsp3) is 0.647. The molecule has 0 aromatic heterocycles. The Bertz CT molecular complexity index is 381. The zero-order valence-corrected chi connectivity index (χ0v) is 13.6. The summed E-state index contributed by atoms with van der Waals surface area (Å²) in [7, 11) is 2.19. The molecule has 0 saturated heterocycles. The predicted molar refractivity (Wildman–Crippen MR) is 86.0 cm³/mol. The van der Waals surface area contributed by atoms with Crippen molar-refractivity contribution in [2.75, 3.05) is 20.2 Å². The first kappa shape index (κ1) is 17.0. The second kappa shape index (κ2) is 7.65. The molecule has 0 heterocycles. The molecule has 20 heavy (non-hydrogen) atoms. The lowest BCUT2D eigenvalue weighted by Gasteiger charge is -2.35. The van der Waals surface area contributed by atoms with Gasteiger partial charge in [0.25, 0.3) is 0 Å². The van der Waals surface area contributed by atoms with Crippen LogP contribution in [0.3, 0.4) is 0 Å². The van der Waals surface area contributed by atoms with Gasteiger partial charge in [-0.3, -0.25) is 0 Å². The molecule has 1 aromatic carbocycles. The highest BCUT2D eigenvalue weighted by molar-refractivity contribution is 5.26. The van der Waals surface area contributed by atoms with Gasteiger partial charge in [0.2, 0.25) is 0 Å². The van der Waals surface area contributed by atoms with Crippen molar-refractivity contribution in [2.45, 2.75) is 46.7 Å². The summed E-state index contributed by atoms with van der Waals surface area (Å²) in [5.74, 6) is 0.925. The van der Waals surface area contributed by atoms with Crippen LogP contribution in [0.25, 0.3) is 0 Å². The smallest absolute Gasteiger partial charge is 0.119 e. The van der Waals surface area contributed by atoms with Gasteiger partial charge in [0.15, 0.2) is 0 Å². The van der Waals surface area contributed by atoms with E-state index in [2.05, 4.69) is 39.6 Å². The Morgan fingerprint density at radius 2 is 1.80 bits per heavy atom. The lowest BCUT2D eigenvalue weighted by atomic mass is 9.87. The molecular weight excluding hydrogens is 248 g/mol. The van der Waals surface area contributed by atoms with Crippen LogP contribution in [-0.2, 0) is 6.54 Å². The summed E-state index contributed by atoms with van der Waals surface area (Å²) < 4.78 is 5.75. The topological polar surface area (TPSA) is 38.5 Å². The summed E-state index contributed by atoms with van der Waals surface area (Å²) in [6.07, 6.45) is 1.04. The van der Waals surface area contributed by atoms with E-state index in [1.165, 1.54) is 0 Å². The minimum absolute atomic E-state index is 0.313. The van der Waals surface area contributed by atoms with E-state index >= 15 is 0 Å². The molecule has 114 valence electrons. The third-order valence-corrected chi connectivity index (χ3v) is 4.00. The van der Waals surface area contributed by atoms with Crippen molar-refractivity contribution in [3.8, 4) is 5.75 Å². The van der Waals surface area contributed by atoms with Crippen LogP contribution in [0.4, 0.5) is 0 Å². The minimum atomic E-state index is 0.313. The Morgan fingerprint density at radius 3 is 2.30 bits per heavy atom. The number of rotatable bonds is 7. The van der Waals surface area contributed by atoms with Crippen molar-refractivity contribution < 1.29 is 4.74 Å². The first-order valence-corrected chi connectivity index (χ1v) is 7.46. The Balaban J connectivity index is 2.27. The van der Waals surface area contributed by atoms with E-state index in [0.29, 0.717) is 18.0 Å². The summed E-state index contributed by atoms with van der Waals surface area (Å²) in [5.41, 5.74) is 7.02. The second-order valence-corrected chi connectivity index (χ2v) is 6.57. The Labute approximate surface area is 124 Å². The Morgan fingerprint density at radius 1 is 1.20 bits per heavy atom. The first-order chi connectivity index (χ1) is 9.34. The molecule has 0 radical (unpaired) electrons. The minimum Gasteiger partial charge on any atom is -0.494 e. The Hall–Kier alpha value is -1.06. The number of hydrogen-bond donors (Lipinski definition) is 1. The highest BCUT2D eigenvalue weighted by Gasteiger charge is 2.23. The standard InChI is InChI=1S/C17H30N2O/c1-14(17(2,3)4)19(5)11-6-12-20-16-9-7-15(13-18)8-10-16/h7-10,14H,6,11-13,18H2,1-5H3. The van der Waals surface area contributed by atoms with Gasteiger partial charge >= 0.3 is 0 Å². The maximum Gasteiger partial charge on any atom is 0.119 e. The van der Waals surface area contributed by atoms with E-state index in [0.717, 1.165) is 30.9 Å². The van der Waals surface area contributed by atoms with Crippen molar-refractivity contribution in [1.82, 2.24) is 4.90 Å². The van der Waals surface area contributed by atoms with Gasteiger partial charge in [-0.25, -0.2) is 0 Å². The maximum atomic E-state index is 5.75. The molecule has 0 aliphatic rings. The molecule has 0 bridgehead atoms. The van der Waals surface area contributed by atoms with Gasteiger partial charge in [0, 0.05) is 19.1 Å². The normalized spacial score (nSPS) is 13.6. The molecule has 1 atom stereocenters. The van der Waals surface area contributed by atoms with Gasteiger partial charge in [0.1, 0.15) is 5.75 Å². The number of nitrogens with zero attached hydrogens (tertiary/aromatic N) is 1. The molecule has 0 amide bonds. The molecule has 0 spiro atoms.